The minimum Gasteiger partial charge on any atom is -0.493 e. The molecular formula is C47H49ClF2N8O6. The Bertz CT molecular complexity index is 2550. The second-order valence-electron chi connectivity index (χ2n) is 16.4. The van der Waals surface area contributed by atoms with Crippen LogP contribution in [0.25, 0.3) is 22.0 Å². The zero-order chi connectivity index (χ0) is 44.9. The topological polar surface area (TPSA) is 157 Å². The van der Waals surface area contributed by atoms with Gasteiger partial charge in [-0.05, 0) is 74.5 Å². The Kier molecular flexibility index (Phi) is 13.7. The molecule has 14 nitrogen and oxygen atoms in total. The fourth-order valence-electron chi connectivity index (χ4n) is 8.85. The molecule has 0 spiro atoms. The number of unbranched alkanes of at least 4 members (excludes halogenated alkanes) is 1. The maximum absolute atomic E-state index is 16.4. The minimum absolute atomic E-state index is 0.00212. The van der Waals surface area contributed by atoms with Gasteiger partial charge in [-0.15, -0.1) is 0 Å². The van der Waals surface area contributed by atoms with Gasteiger partial charge in [0.1, 0.15) is 35.3 Å². The third kappa shape index (κ3) is 9.37. The quantitative estimate of drug-likeness (QED) is 0.112. The van der Waals surface area contributed by atoms with Gasteiger partial charge < -0.3 is 29.7 Å². The van der Waals surface area contributed by atoms with Gasteiger partial charge in [-0.1, -0.05) is 42.5 Å². The van der Waals surface area contributed by atoms with Crippen LogP contribution in [0.2, 0.25) is 5.02 Å². The first-order chi connectivity index (χ1) is 31.0. The number of hydrogen-bond donors (Lipinski definition) is 2. The normalized spacial score (nSPS) is 17.9. The van der Waals surface area contributed by atoms with Crippen LogP contribution in [0.15, 0.2) is 48.8 Å². The lowest BCUT2D eigenvalue weighted by molar-refractivity contribution is -0.137. The minimum atomic E-state index is -0.790. The van der Waals surface area contributed by atoms with Crippen molar-refractivity contribution >= 4 is 57.9 Å². The highest BCUT2D eigenvalue weighted by molar-refractivity contribution is 6.34. The molecule has 5 amide bonds. The average molecular weight is 895 g/mol. The molecule has 334 valence electrons. The summed E-state index contributed by atoms with van der Waals surface area (Å²) in [5.74, 6) is 4.91. The molecule has 17 heteroatoms. The Labute approximate surface area is 374 Å². The molecule has 64 heavy (non-hydrogen) atoms. The number of piperazine rings is 1. The Hall–Kier alpha value is -6.18. The first-order valence-corrected chi connectivity index (χ1v) is 22.2. The van der Waals surface area contributed by atoms with Gasteiger partial charge in [0.05, 0.1) is 23.7 Å². The summed E-state index contributed by atoms with van der Waals surface area (Å²) < 4.78 is 37.9. The zero-order valence-electron chi connectivity index (χ0n) is 35.6. The predicted octanol–water partition coefficient (Wildman–Crippen LogP) is 5.09. The van der Waals surface area contributed by atoms with E-state index in [0.29, 0.717) is 88.3 Å². The lowest BCUT2D eigenvalue weighted by Crippen LogP contribution is -2.52. The van der Waals surface area contributed by atoms with Gasteiger partial charge in [0.2, 0.25) is 23.6 Å². The first-order valence-electron chi connectivity index (χ1n) is 21.9. The molecule has 0 aliphatic carbocycles. The average Bonchev–Trinajstić information content (AvgIpc) is 3.64. The molecule has 1 atom stereocenters. The molecule has 5 heterocycles. The number of carbonyl (C=O) groups is 5. The zero-order valence-corrected chi connectivity index (χ0v) is 36.3. The Morgan fingerprint density at radius 2 is 1.70 bits per heavy atom. The number of piperidine rings is 2. The summed E-state index contributed by atoms with van der Waals surface area (Å²) in [7, 11) is 0. The molecule has 4 aliphatic rings. The number of fused-ring (bicyclic) bond motifs is 2. The van der Waals surface area contributed by atoms with E-state index < -0.39 is 23.6 Å². The van der Waals surface area contributed by atoms with Crippen molar-refractivity contribution in [3.05, 3.63) is 82.1 Å². The van der Waals surface area contributed by atoms with Gasteiger partial charge in [0.15, 0.2) is 5.82 Å². The molecule has 4 aromatic rings. The molecule has 0 saturated carbocycles. The van der Waals surface area contributed by atoms with Crippen LogP contribution in [-0.4, -0.2) is 119 Å². The second kappa shape index (κ2) is 19.7. The summed E-state index contributed by atoms with van der Waals surface area (Å²) in [4.78, 5) is 78.2. The van der Waals surface area contributed by atoms with Gasteiger partial charge in [0, 0.05) is 86.6 Å². The predicted molar refractivity (Wildman–Crippen MR) is 235 cm³/mol. The number of carbonyl (C=O) groups excluding carboxylic acids is 5. The van der Waals surface area contributed by atoms with Crippen LogP contribution in [0.1, 0.15) is 73.4 Å². The highest BCUT2D eigenvalue weighted by atomic mass is 35.5. The molecule has 0 radical (unpaired) electrons. The van der Waals surface area contributed by atoms with Crippen LogP contribution in [0.5, 0.6) is 5.75 Å². The molecule has 3 saturated heterocycles. The van der Waals surface area contributed by atoms with Crippen LogP contribution in [-0.2, 0) is 25.7 Å². The van der Waals surface area contributed by atoms with Crippen LogP contribution in [0, 0.1) is 29.4 Å². The van der Waals surface area contributed by atoms with E-state index in [1.54, 1.807) is 29.2 Å². The number of hydrogen-bond acceptors (Lipinski definition) is 10. The SMILES string of the molecule is CCC(=O)N1CCN(c2ncnc3c(F)c(-c4c(F)cccc4OCCCCNCC(=O)N4CCC(C#Cc5cccc6c5CN(C5CCC(=O)NC5=O)C6=O)CC4)c(Cl)cc23)CC1. The number of imide groups is 1. The van der Waals surface area contributed by atoms with E-state index in [1.165, 1.54) is 23.4 Å². The van der Waals surface area contributed by atoms with Crippen molar-refractivity contribution in [2.75, 3.05) is 63.9 Å². The number of ether oxygens (including phenoxy) is 1. The van der Waals surface area contributed by atoms with Crippen molar-refractivity contribution in [3.63, 3.8) is 0 Å². The van der Waals surface area contributed by atoms with Crippen LogP contribution in [0.3, 0.4) is 0 Å². The van der Waals surface area contributed by atoms with Gasteiger partial charge in [0.25, 0.3) is 5.91 Å². The van der Waals surface area contributed by atoms with Crippen LogP contribution < -0.4 is 20.3 Å². The number of amides is 5. The number of likely N-dealkylation sites (tertiary alicyclic amines) is 1. The molecule has 4 aliphatic heterocycles. The van der Waals surface area contributed by atoms with Crippen molar-refractivity contribution in [2.24, 2.45) is 5.92 Å². The molecular weight excluding hydrogens is 846 g/mol. The number of anilines is 1. The highest BCUT2D eigenvalue weighted by Crippen LogP contribution is 2.42. The monoisotopic (exact) mass is 894 g/mol. The van der Waals surface area contributed by atoms with E-state index >= 15 is 8.78 Å². The van der Waals surface area contributed by atoms with E-state index in [-0.39, 0.29) is 83.1 Å². The van der Waals surface area contributed by atoms with Gasteiger partial charge in [-0.3, -0.25) is 29.3 Å². The third-order valence-corrected chi connectivity index (χ3v) is 12.7. The van der Waals surface area contributed by atoms with Gasteiger partial charge >= 0.3 is 0 Å². The molecule has 2 N–H and O–H groups in total. The molecule has 1 aromatic heterocycles. The maximum atomic E-state index is 16.4. The van der Waals surface area contributed by atoms with Crippen molar-refractivity contribution in [2.45, 2.75) is 64.5 Å². The molecule has 1 unspecified atom stereocenters. The number of aromatic nitrogens is 2. The van der Waals surface area contributed by atoms with Gasteiger partial charge in [-0.25, -0.2) is 18.7 Å². The number of halogens is 3. The van der Waals surface area contributed by atoms with Crippen molar-refractivity contribution in [1.82, 2.24) is 35.3 Å². The molecule has 8 rings (SSSR count). The highest BCUT2D eigenvalue weighted by Gasteiger charge is 2.40. The first kappa shape index (κ1) is 44.4. The fourth-order valence-corrected chi connectivity index (χ4v) is 9.14. The lowest BCUT2D eigenvalue weighted by Gasteiger charge is -2.35. The van der Waals surface area contributed by atoms with E-state index in [9.17, 15) is 24.0 Å². The van der Waals surface area contributed by atoms with E-state index in [0.717, 1.165) is 24.0 Å². The standard InChI is InChI=1S/C47H49ClF2N8O6/c1-2-39(60)56-20-22-57(23-21-56)45-32-25-34(48)41(43(50)44(32)52-28-53-45)42-35(49)9-6-10-37(42)64-24-4-3-17-51-26-40(61)55-18-15-29(16-19-55)11-12-30-7-5-8-31-33(30)27-58(47(31)63)36-13-14-38(59)54-46(36)62/h5-10,25,28-29,36,51H,2-4,13-24,26-27H2,1H3,(H,54,59,62). The summed E-state index contributed by atoms with van der Waals surface area (Å²) in [5, 5.41) is 5.91. The number of rotatable bonds is 12. The Morgan fingerprint density at radius 1 is 0.938 bits per heavy atom. The number of nitrogens with one attached hydrogen (secondary N) is 2. The van der Waals surface area contributed by atoms with E-state index in [1.807, 2.05) is 22.8 Å². The smallest absolute Gasteiger partial charge is 0.255 e. The molecule has 0 bridgehead atoms. The summed E-state index contributed by atoms with van der Waals surface area (Å²) in [5.41, 5.74) is 1.80. The molecule has 3 aromatic carbocycles. The van der Waals surface area contributed by atoms with Gasteiger partial charge in [-0.2, -0.15) is 0 Å². The lowest BCUT2D eigenvalue weighted by atomic mass is 9.96. The third-order valence-electron chi connectivity index (χ3n) is 12.4. The van der Waals surface area contributed by atoms with Crippen LogP contribution in [0.4, 0.5) is 14.6 Å². The van der Waals surface area contributed by atoms with Crippen molar-refractivity contribution < 1.29 is 37.5 Å². The summed E-state index contributed by atoms with van der Waals surface area (Å²) >= 11 is 6.72. The summed E-state index contributed by atoms with van der Waals surface area (Å²) in [6, 6.07) is 10.6. The fraction of sp³-hybridized carbons (Fsp3) is 0.426. The van der Waals surface area contributed by atoms with Crippen LogP contribution >= 0.6 is 11.6 Å². The summed E-state index contributed by atoms with van der Waals surface area (Å²) in [6.07, 6.45) is 4.87. The van der Waals surface area contributed by atoms with Crippen molar-refractivity contribution in [1.29, 1.82) is 0 Å². The number of benzene rings is 3. The Balaban J connectivity index is 0.791. The van der Waals surface area contributed by atoms with E-state index in [2.05, 4.69) is 32.4 Å². The van der Waals surface area contributed by atoms with E-state index in [4.69, 9.17) is 16.3 Å². The molecule has 3 fully saturated rings. The largest absolute Gasteiger partial charge is 0.493 e. The summed E-state index contributed by atoms with van der Waals surface area (Å²) in [6.45, 7) is 6.23. The van der Waals surface area contributed by atoms with Crippen molar-refractivity contribution in [3.8, 4) is 28.7 Å². The maximum Gasteiger partial charge on any atom is 0.255 e. The number of nitrogens with zero attached hydrogens (tertiary/aromatic N) is 6. The Morgan fingerprint density at radius 3 is 2.47 bits per heavy atom. The second-order valence-corrected chi connectivity index (χ2v) is 16.8.